The predicted molar refractivity (Wildman–Crippen MR) is 67.0 cm³/mol. The number of nitrogen functional groups attached to an aromatic ring is 1. The van der Waals surface area contributed by atoms with Crippen molar-refractivity contribution in [1.29, 1.82) is 0 Å². The van der Waals surface area contributed by atoms with Crippen LogP contribution in [0.4, 0.5) is 20.3 Å². The third-order valence-corrected chi connectivity index (χ3v) is 2.60. The molecule has 1 aromatic heterocycles. The van der Waals surface area contributed by atoms with Crippen LogP contribution in [0.25, 0.3) is 0 Å². The summed E-state index contributed by atoms with van der Waals surface area (Å²) in [6.45, 7) is 1.86. The first-order valence-corrected chi connectivity index (χ1v) is 5.49. The fraction of sp³-hybridized carbons (Fsp3) is 0.154. The van der Waals surface area contributed by atoms with Gasteiger partial charge in [-0.3, -0.25) is 0 Å². The first-order valence-electron chi connectivity index (χ1n) is 5.49. The summed E-state index contributed by atoms with van der Waals surface area (Å²) in [6, 6.07) is 7.86. The lowest BCUT2D eigenvalue weighted by molar-refractivity contribution is 0.574. The number of nitrogens with one attached hydrogen (secondary N) is 1. The minimum Gasteiger partial charge on any atom is -0.399 e. The summed E-state index contributed by atoms with van der Waals surface area (Å²) in [7, 11) is 0. The van der Waals surface area contributed by atoms with Gasteiger partial charge in [0.15, 0.2) is 11.6 Å². The number of benzene rings is 1. The van der Waals surface area contributed by atoms with E-state index in [1.54, 1.807) is 12.1 Å². The van der Waals surface area contributed by atoms with Gasteiger partial charge in [0.2, 0.25) is 0 Å². The number of halogens is 2. The van der Waals surface area contributed by atoms with Crippen molar-refractivity contribution in [3.63, 3.8) is 0 Å². The fourth-order valence-electron chi connectivity index (χ4n) is 1.59. The second-order valence-electron chi connectivity index (χ2n) is 4.02. The molecule has 0 spiro atoms. The zero-order chi connectivity index (χ0) is 13.1. The maximum atomic E-state index is 13.4. The SMILES string of the molecule is CC(Nc1ncc(F)cc1F)c1ccc(N)cc1. The van der Waals surface area contributed by atoms with Crippen LogP contribution in [0.15, 0.2) is 36.5 Å². The standard InChI is InChI=1S/C13H13F2N3/c1-8(9-2-4-11(16)5-3-9)18-13-12(15)6-10(14)7-17-13/h2-8H,16H2,1H3,(H,17,18). The Labute approximate surface area is 104 Å². The maximum absolute atomic E-state index is 13.4. The molecule has 18 heavy (non-hydrogen) atoms. The highest BCUT2D eigenvalue weighted by Crippen LogP contribution is 2.20. The predicted octanol–water partition coefficient (Wildman–Crippen LogP) is 3.12. The largest absolute Gasteiger partial charge is 0.399 e. The quantitative estimate of drug-likeness (QED) is 0.822. The van der Waals surface area contributed by atoms with Crippen molar-refractivity contribution in [2.45, 2.75) is 13.0 Å². The molecular weight excluding hydrogens is 236 g/mol. The molecule has 3 nitrogen and oxygen atoms in total. The third kappa shape index (κ3) is 2.74. The molecule has 1 heterocycles. The van der Waals surface area contributed by atoms with E-state index in [1.807, 2.05) is 19.1 Å². The number of nitrogens with two attached hydrogens (primary N) is 1. The Morgan fingerprint density at radius 1 is 1.22 bits per heavy atom. The van der Waals surface area contributed by atoms with Crippen LogP contribution in [0.3, 0.4) is 0 Å². The summed E-state index contributed by atoms with van der Waals surface area (Å²) >= 11 is 0. The topological polar surface area (TPSA) is 50.9 Å². The van der Waals surface area contributed by atoms with Gasteiger partial charge in [0.05, 0.1) is 12.2 Å². The van der Waals surface area contributed by atoms with Gasteiger partial charge in [-0.2, -0.15) is 0 Å². The van der Waals surface area contributed by atoms with Crippen LogP contribution in [0.5, 0.6) is 0 Å². The number of nitrogens with zero attached hydrogens (tertiary/aromatic N) is 1. The number of rotatable bonds is 3. The molecule has 3 N–H and O–H groups in total. The monoisotopic (exact) mass is 249 g/mol. The minimum absolute atomic E-state index is 0.0284. The molecular formula is C13H13F2N3. The van der Waals surface area contributed by atoms with Gasteiger partial charge in [-0.15, -0.1) is 0 Å². The van der Waals surface area contributed by atoms with Crippen LogP contribution in [0.2, 0.25) is 0 Å². The molecule has 0 saturated carbocycles. The van der Waals surface area contributed by atoms with Gasteiger partial charge in [0, 0.05) is 11.8 Å². The molecule has 0 aliphatic carbocycles. The summed E-state index contributed by atoms with van der Waals surface area (Å²) in [5.41, 5.74) is 7.19. The number of hydrogen-bond donors (Lipinski definition) is 2. The lowest BCUT2D eigenvalue weighted by atomic mass is 10.1. The maximum Gasteiger partial charge on any atom is 0.168 e. The molecule has 0 fully saturated rings. The average molecular weight is 249 g/mol. The summed E-state index contributed by atoms with van der Waals surface area (Å²) in [6.07, 6.45) is 0.973. The molecule has 0 radical (unpaired) electrons. The van der Waals surface area contributed by atoms with Crippen molar-refractivity contribution in [3.8, 4) is 0 Å². The van der Waals surface area contributed by atoms with E-state index in [-0.39, 0.29) is 11.9 Å². The van der Waals surface area contributed by atoms with Gasteiger partial charge in [-0.1, -0.05) is 12.1 Å². The smallest absolute Gasteiger partial charge is 0.168 e. The fourth-order valence-corrected chi connectivity index (χ4v) is 1.59. The molecule has 0 saturated heterocycles. The van der Waals surface area contributed by atoms with E-state index >= 15 is 0 Å². The van der Waals surface area contributed by atoms with E-state index < -0.39 is 11.6 Å². The summed E-state index contributed by atoms with van der Waals surface area (Å²) < 4.78 is 26.1. The van der Waals surface area contributed by atoms with Gasteiger partial charge in [-0.25, -0.2) is 13.8 Å². The van der Waals surface area contributed by atoms with Crippen molar-refractivity contribution in [2.24, 2.45) is 0 Å². The van der Waals surface area contributed by atoms with Crippen LogP contribution >= 0.6 is 0 Å². The number of pyridine rings is 1. The number of aromatic nitrogens is 1. The van der Waals surface area contributed by atoms with Gasteiger partial charge < -0.3 is 11.1 Å². The lowest BCUT2D eigenvalue weighted by Gasteiger charge is -2.15. The number of anilines is 2. The zero-order valence-corrected chi connectivity index (χ0v) is 9.82. The van der Waals surface area contributed by atoms with Crippen LogP contribution in [-0.2, 0) is 0 Å². The van der Waals surface area contributed by atoms with E-state index in [1.165, 1.54) is 0 Å². The van der Waals surface area contributed by atoms with Gasteiger partial charge in [0.25, 0.3) is 0 Å². The Bertz CT molecular complexity index is 540. The Balaban J connectivity index is 2.15. The Morgan fingerprint density at radius 2 is 1.89 bits per heavy atom. The molecule has 5 heteroatoms. The summed E-state index contributed by atoms with van der Waals surface area (Å²) in [5, 5.41) is 2.88. The van der Waals surface area contributed by atoms with Crippen molar-refractivity contribution >= 4 is 11.5 Å². The van der Waals surface area contributed by atoms with Crippen LogP contribution < -0.4 is 11.1 Å². The minimum atomic E-state index is -0.711. The van der Waals surface area contributed by atoms with Crippen LogP contribution in [-0.4, -0.2) is 4.98 Å². The molecule has 0 amide bonds. The second-order valence-corrected chi connectivity index (χ2v) is 4.02. The first-order chi connectivity index (χ1) is 8.56. The Kier molecular flexibility index (Phi) is 3.41. The molecule has 1 aromatic carbocycles. The normalized spacial score (nSPS) is 12.2. The molecule has 94 valence electrons. The Hall–Kier alpha value is -2.17. The van der Waals surface area contributed by atoms with Crippen LogP contribution in [0.1, 0.15) is 18.5 Å². The highest BCUT2D eigenvalue weighted by atomic mass is 19.1. The van der Waals surface area contributed by atoms with Crippen molar-refractivity contribution in [1.82, 2.24) is 4.98 Å². The van der Waals surface area contributed by atoms with E-state index in [4.69, 9.17) is 5.73 Å². The molecule has 0 aliphatic heterocycles. The van der Waals surface area contributed by atoms with Gasteiger partial charge in [0.1, 0.15) is 5.82 Å². The lowest BCUT2D eigenvalue weighted by Crippen LogP contribution is -2.09. The average Bonchev–Trinajstić information content (AvgIpc) is 2.33. The molecule has 1 unspecified atom stereocenters. The Morgan fingerprint density at radius 3 is 2.50 bits per heavy atom. The highest BCUT2D eigenvalue weighted by Gasteiger charge is 2.10. The van der Waals surface area contributed by atoms with Gasteiger partial charge >= 0.3 is 0 Å². The van der Waals surface area contributed by atoms with Crippen LogP contribution in [0, 0.1) is 11.6 Å². The van der Waals surface area contributed by atoms with Gasteiger partial charge in [-0.05, 0) is 24.6 Å². The van der Waals surface area contributed by atoms with E-state index in [2.05, 4.69) is 10.3 Å². The third-order valence-electron chi connectivity index (χ3n) is 2.60. The first kappa shape index (κ1) is 12.3. The molecule has 2 rings (SSSR count). The molecule has 0 bridgehead atoms. The summed E-state index contributed by atoms with van der Waals surface area (Å²) in [5.74, 6) is -1.38. The van der Waals surface area contributed by atoms with E-state index in [0.717, 1.165) is 17.8 Å². The highest BCUT2D eigenvalue weighted by molar-refractivity contribution is 5.43. The van der Waals surface area contributed by atoms with E-state index in [0.29, 0.717) is 5.69 Å². The molecule has 0 aliphatic rings. The second kappa shape index (κ2) is 5.00. The van der Waals surface area contributed by atoms with E-state index in [9.17, 15) is 8.78 Å². The van der Waals surface area contributed by atoms with Crippen molar-refractivity contribution in [2.75, 3.05) is 11.1 Å². The molecule has 2 aromatic rings. The zero-order valence-electron chi connectivity index (χ0n) is 9.82. The molecule has 1 atom stereocenters. The number of hydrogen-bond acceptors (Lipinski definition) is 3. The van der Waals surface area contributed by atoms with Crippen molar-refractivity contribution in [3.05, 3.63) is 53.7 Å². The summed E-state index contributed by atoms with van der Waals surface area (Å²) in [4.78, 5) is 3.68. The van der Waals surface area contributed by atoms with Crippen molar-refractivity contribution < 1.29 is 8.78 Å².